The largest absolute Gasteiger partial charge is 0.469 e. The first kappa shape index (κ1) is 14.7. The van der Waals surface area contributed by atoms with Crippen LogP contribution in [0.1, 0.15) is 40.4 Å². The maximum absolute atomic E-state index is 13.1. The summed E-state index contributed by atoms with van der Waals surface area (Å²) >= 11 is 0. The van der Waals surface area contributed by atoms with E-state index < -0.39 is 0 Å². The average Bonchev–Trinajstić information content (AvgIpc) is 3.32. The van der Waals surface area contributed by atoms with E-state index >= 15 is 0 Å². The van der Waals surface area contributed by atoms with Crippen LogP contribution in [-0.4, -0.2) is 5.78 Å². The third-order valence-electron chi connectivity index (χ3n) is 4.64. The quantitative estimate of drug-likeness (QED) is 0.596. The molecule has 1 heterocycles. The minimum atomic E-state index is 0.128. The molecule has 0 fully saturated rings. The van der Waals surface area contributed by atoms with E-state index in [0.29, 0.717) is 0 Å². The van der Waals surface area contributed by atoms with Crippen molar-refractivity contribution < 1.29 is 9.21 Å². The van der Waals surface area contributed by atoms with E-state index in [9.17, 15) is 4.79 Å². The average molecular weight is 314 g/mol. The molecule has 1 aliphatic rings. The van der Waals surface area contributed by atoms with E-state index in [-0.39, 0.29) is 11.7 Å². The maximum atomic E-state index is 13.1. The molecule has 1 atom stereocenters. The number of carbonyl (C=O) groups excluding carboxylic acids is 1. The summed E-state index contributed by atoms with van der Waals surface area (Å²) in [6.45, 7) is 0. The number of furan rings is 1. The summed E-state index contributed by atoms with van der Waals surface area (Å²) in [5.41, 5.74) is 3.94. The zero-order valence-corrected chi connectivity index (χ0v) is 13.3. The number of rotatable bonds is 4. The van der Waals surface area contributed by atoms with Crippen molar-refractivity contribution in [3.8, 4) is 0 Å². The Morgan fingerprint density at radius 1 is 0.833 bits per heavy atom. The van der Waals surface area contributed by atoms with E-state index in [1.54, 1.807) is 6.26 Å². The Balaban J connectivity index is 1.75. The van der Waals surface area contributed by atoms with Gasteiger partial charge in [0.15, 0.2) is 5.78 Å². The van der Waals surface area contributed by atoms with Gasteiger partial charge in [-0.2, -0.15) is 0 Å². The van der Waals surface area contributed by atoms with Gasteiger partial charge >= 0.3 is 0 Å². The number of allylic oxidation sites excluding steroid dienone is 2. The van der Waals surface area contributed by atoms with Crippen molar-refractivity contribution in [2.45, 2.75) is 18.8 Å². The molecular formula is C22H18O2. The molecule has 3 aromatic rings. The summed E-state index contributed by atoms with van der Waals surface area (Å²) in [6.07, 6.45) is 3.27. The fourth-order valence-corrected chi connectivity index (χ4v) is 3.46. The normalized spacial score (nSPS) is 17.2. The highest BCUT2D eigenvalue weighted by atomic mass is 16.3. The second-order valence-corrected chi connectivity index (χ2v) is 6.14. The molecule has 0 N–H and O–H groups in total. The van der Waals surface area contributed by atoms with Crippen LogP contribution in [0.2, 0.25) is 0 Å². The lowest BCUT2D eigenvalue weighted by Crippen LogP contribution is -2.04. The second kappa shape index (κ2) is 6.32. The number of benzene rings is 2. The fraction of sp³-hybridized carbons (Fsp3) is 0.136. The lowest BCUT2D eigenvalue weighted by Gasteiger charge is -2.07. The molecule has 0 saturated heterocycles. The van der Waals surface area contributed by atoms with Crippen molar-refractivity contribution in [2.24, 2.45) is 0 Å². The number of Topliss-reactive ketones (excluding diaryl/α,β-unsaturated/α-hetero) is 1. The van der Waals surface area contributed by atoms with Gasteiger partial charge in [-0.05, 0) is 36.1 Å². The van der Waals surface area contributed by atoms with Crippen molar-refractivity contribution in [2.75, 3.05) is 0 Å². The van der Waals surface area contributed by atoms with Crippen LogP contribution < -0.4 is 0 Å². The van der Waals surface area contributed by atoms with Gasteiger partial charge in [0.2, 0.25) is 0 Å². The summed E-state index contributed by atoms with van der Waals surface area (Å²) in [5.74, 6) is 1.32. The smallest absolute Gasteiger partial charge is 0.189 e. The molecule has 24 heavy (non-hydrogen) atoms. The molecule has 0 bridgehead atoms. The Hall–Kier alpha value is -2.87. The fourth-order valence-electron chi connectivity index (χ4n) is 3.46. The van der Waals surface area contributed by atoms with Crippen LogP contribution >= 0.6 is 0 Å². The molecule has 0 unspecified atom stereocenters. The number of hydrogen-bond donors (Lipinski definition) is 0. The summed E-state index contributed by atoms with van der Waals surface area (Å²) in [4.78, 5) is 13.1. The standard InChI is InChI=1S/C22H18O2/c23-22(17-10-5-2-6-11-17)20-15-18(21-12-7-13-24-21)14-19(20)16-8-3-1-4-9-16/h1-13,18H,14-15H2/t18-/m1/s1. The van der Waals surface area contributed by atoms with E-state index in [2.05, 4.69) is 12.1 Å². The lowest BCUT2D eigenvalue weighted by molar-refractivity contribution is 0.103. The van der Waals surface area contributed by atoms with Crippen molar-refractivity contribution in [3.05, 3.63) is 102 Å². The minimum Gasteiger partial charge on any atom is -0.469 e. The summed E-state index contributed by atoms with van der Waals surface area (Å²) in [6, 6.07) is 23.7. The molecule has 2 nitrogen and oxygen atoms in total. The van der Waals surface area contributed by atoms with E-state index in [0.717, 1.165) is 40.9 Å². The second-order valence-electron chi connectivity index (χ2n) is 6.14. The van der Waals surface area contributed by atoms with Crippen molar-refractivity contribution in [3.63, 3.8) is 0 Å². The van der Waals surface area contributed by atoms with Crippen LogP contribution in [-0.2, 0) is 0 Å². The van der Waals surface area contributed by atoms with Crippen LogP contribution in [0, 0.1) is 0 Å². The number of hydrogen-bond acceptors (Lipinski definition) is 2. The van der Waals surface area contributed by atoms with Crippen LogP contribution in [0.3, 0.4) is 0 Å². The monoisotopic (exact) mass is 314 g/mol. The third-order valence-corrected chi connectivity index (χ3v) is 4.64. The van der Waals surface area contributed by atoms with Crippen LogP contribution in [0.15, 0.2) is 89.0 Å². The van der Waals surface area contributed by atoms with E-state index in [1.807, 2.05) is 60.7 Å². The van der Waals surface area contributed by atoms with E-state index in [4.69, 9.17) is 4.42 Å². The Morgan fingerprint density at radius 3 is 2.21 bits per heavy atom. The molecular weight excluding hydrogens is 296 g/mol. The zero-order valence-electron chi connectivity index (χ0n) is 13.3. The molecule has 0 aliphatic heterocycles. The summed E-state index contributed by atoms with van der Waals surface area (Å²) in [5, 5.41) is 0. The topological polar surface area (TPSA) is 30.2 Å². The molecule has 2 aromatic carbocycles. The predicted octanol–water partition coefficient (Wildman–Crippen LogP) is 5.49. The Labute approximate surface area is 141 Å². The van der Waals surface area contributed by atoms with Gasteiger partial charge in [0, 0.05) is 17.1 Å². The molecule has 0 spiro atoms. The first-order valence-corrected chi connectivity index (χ1v) is 8.23. The van der Waals surface area contributed by atoms with Gasteiger partial charge in [0.05, 0.1) is 6.26 Å². The molecule has 118 valence electrons. The van der Waals surface area contributed by atoms with Gasteiger partial charge in [-0.1, -0.05) is 60.7 Å². The predicted molar refractivity (Wildman–Crippen MR) is 94.8 cm³/mol. The lowest BCUT2D eigenvalue weighted by atomic mass is 9.96. The molecule has 4 rings (SSSR count). The molecule has 0 saturated carbocycles. The molecule has 1 aliphatic carbocycles. The molecule has 2 heteroatoms. The van der Waals surface area contributed by atoms with Crippen molar-refractivity contribution >= 4 is 11.4 Å². The van der Waals surface area contributed by atoms with Gasteiger partial charge in [-0.15, -0.1) is 0 Å². The summed E-state index contributed by atoms with van der Waals surface area (Å²) < 4.78 is 5.60. The van der Waals surface area contributed by atoms with Crippen LogP contribution in [0.25, 0.3) is 5.57 Å². The van der Waals surface area contributed by atoms with Crippen molar-refractivity contribution in [1.82, 2.24) is 0 Å². The highest BCUT2D eigenvalue weighted by molar-refractivity contribution is 6.14. The SMILES string of the molecule is O=C(C1=C(c2ccccc2)C[C@@H](c2ccco2)C1)c1ccccc1. The van der Waals surface area contributed by atoms with Gasteiger partial charge in [-0.3, -0.25) is 4.79 Å². The van der Waals surface area contributed by atoms with Crippen LogP contribution in [0.5, 0.6) is 0 Å². The van der Waals surface area contributed by atoms with Gasteiger partial charge < -0.3 is 4.42 Å². The maximum Gasteiger partial charge on any atom is 0.189 e. The molecule has 0 amide bonds. The van der Waals surface area contributed by atoms with Crippen LogP contribution in [0.4, 0.5) is 0 Å². The van der Waals surface area contributed by atoms with Gasteiger partial charge in [-0.25, -0.2) is 0 Å². The first-order chi connectivity index (χ1) is 11.8. The molecule has 1 aromatic heterocycles. The number of ketones is 1. The minimum absolute atomic E-state index is 0.128. The van der Waals surface area contributed by atoms with Gasteiger partial charge in [0.1, 0.15) is 5.76 Å². The number of carbonyl (C=O) groups is 1. The third kappa shape index (κ3) is 2.71. The highest BCUT2D eigenvalue weighted by Gasteiger charge is 2.31. The Kier molecular flexibility index (Phi) is 3.87. The van der Waals surface area contributed by atoms with E-state index in [1.165, 1.54) is 0 Å². The first-order valence-electron chi connectivity index (χ1n) is 8.23. The Morgan fingerprint density at radius 2 is 1.54 bits per heavy atom. The zero-order chi connectivity index (χ0) is 16.4. The summed E-state index contributed by atoms with van der Waals surface area (Å²) in [7, 11) is 0. The van der Waals surface area contributed by atoms with Gasteiger partial charge in [0.25, 0.3) is 0 Å². The molecule has 0 radical (unpaired) electrons. The Bertz CT molecular complexity index is 859. The highest BCUT2D eigenvalue weighted by Crippen LogP contribution is 2.44. The van der Waals surface area contributed by atoms with Crippen molar-refractivity contribution in [1.29, 1.82) is 0 Å².